The van der Waals surface area contributed by atoms with Gasteiger partial charge in [0.2, 0.25) is 5.91 Å². The van der Waals surface area contributed by atoms with Gasteiger partial charge in [0.1, 0.15) is 6.04 Å². The van der Waals surface area contributed by atoms with E-state index in [0.717, 1.165) is 57.4 Å². The molecule has 5 nitrogen and oxygen atoms in total. The van der Waals surface area contributed by atoms with E-state index in [-0.39, 0.29) is 17.7 Å². The van der Waals surface area contributed by atoms with Crippen molar-refractivity contribution in [2.45, 2.75) is 38.6 Å². The number of rotatable bonds is 4. The van der Waals surface area contributed by atoms with Gasteiger partial charge in [0.05, 0.1) is 0 Å². The largest absolute Gasteiger partial charge is 0.341 e. The Bertz CT molecular complexity index is 590. The van der Waals surface area contributed by atoms with Crippen LogP contribution in [0.2, 0.25) is 0 Å². The highest BCUT2D eigenvalue weighted by Gasteiger charge is 2.34. The van der Waals surface area contributed by atoms with Gasteiger partial charge in [0.15, 0.2) is 0 Å². The molecule has 0 aromatic heterocycles. The quantitative estimate of drug-likeness (QED) is 0.884. The maximum absolute atomic E-state index is 13.0. The number of nitrogens with zero attached hydrogens (tertiary/aromatic N) is 1. The van der Waals surface area contributed by atoms with Crippen LogP contribution in [-0.4, -0.2) is 48.9 Å². The average Bonchev–Trinajstić information content (AvgIpc) is 3.15. The summed E-state index contributed by atoms with van der Waals surface area (Å²) in [5.74, 6) is 0.179. The first-order chi connectivity index (χ1) is 11.7. The zero-order valence-corrected chi connectivity index (χ0v) is 14.4. The Balaban J connectivity index is 1.77. The first kappa shape index (κ1) is 17.0. The highest BCUT2D eigenvalue weighted by atomic mass is 16.2. The molecule has 1 aromatic carbocycles. The first-order valence-corrected chi connectivity index (χ1v) is 9.03. The molecule has 2 N–H and O–H groups in total. The average molecular weight is 329 g/mol. The normalized spacial score (nSPS) is 20.0. The highest BCUT2D eigenvalue weighted by Crippen LogP contribution is 2.21. The smallest absolute Gasteiger partial charge is 0.252 e. The van der Waals surface area contributed by atoms with E-state index in [1.807, 2.05) is 36.1 Å². The topological polar surface area (TPSA) is 61.4 Å². The van der Waals surface area contributed by atoms with Crippen LogP contribution in [0.15, 0.2) is 24.3 Å². The summed E-state index contributed by atoms with van der Waals surface area (Å²) >= 11 is 0. The SMILES string of the molecule is Cc1ccccc1C(=O)NC(C(=O)N1CCCC1)C1CCNCC1. The molecule has 2 saturated heterocycles. The third-order valence-corrected chi connectivity index (χ3v) is 5.22. The summed E-state index contributed by atoms with van der Waals surface area (Å²) < 4.78 is 0. The maximum atomic E-state index is 13.0. The molecule has 2 heterocycles. The van der Waals surface area contributed by atoms with E-state index in [1.54, 1.807) is 0 Å². The zero-order chi connectivity index (χ0) is 16.9. The molecule has 0 spiro atoms. The van der Waals surface area contributed by atoms with Crippen LogP contribution >= 0.6 is 0 Å². The van der Waals surface area contributed by atoms with Gasteiger partial charge in [-0.05, 0) is 63.2 Å². The molecule has 0 bridgehead atoms. The summed E-state index contributed by atoms with van der Waals surface area (Å²) in [7, 11) is 0. The van der Waals surface area contributed by atoms with E-state index in [2.05, 4.69) is 10.6 Å². The maximum Gasteiger partial charge on any atom is 0.252 e. The number of aryl methyl sites for hydroxylation is 1. The highest BCUT2D eigenvalue weighted by molar-refractivity contribution is 5.98. The summed E-state index contributed by atoms with van der Waals surface area (Å²) in [4.78, 5) is 27.6. The van der Waals surface area contributed by atoms with Crippen LogP contribution in [0.4, 0.5) is 0 Å². The van der Waals surface area contributed by atoms with E-state index >= 15 is 0 Å². The number of carbonyl (C=O) groups excluding carboxylic acids is 2. The van der Waals surface area contributed by atoms with Gasteiger partial charge in [-0.1, -0.05) is 18.2 Å². The fourth-order valence-electron chi connectivity index (χ4n) is 3.74. The van der Waals surface area contributed by atoms with Crippen LogP contribution in [0.5, 0.6) is 0 Å². The van der Waals surface area contributed by atoms with Crippen LogP contribution in [0, 0.1) is 12.8 Å². The van der Waals surface area contributed by atoms with Crippen LogP contribution in [0.25, 0.3) is 0 Å². The molecule has 0 saturated carbocycles. The number of hydrogen-bond acceptors (Lipinski definition) is 3. The Morgan fingerprint density at radius 1 is 1.17 bits per heavy atom. The molecular weight excluding hydrogens is 302 g/mol. The number of amides is 2. The van der Waals surface area contributed by atoms with Crippen LogP contribution in [0.3, 0.4) is 0 Å². The minimum absolute atomic E-state index is 0.0985. The summed E-state index contributed by atoms with van der Waals surface area (Å²) in [6, 6.07) is 7.13. The van der Waals surface area contributed by atoms with Gasteiger partial charge in [-0.3, -0.25) is 9.59 Å². The fraction of sp³-hybridized carbons (Fsp3) is 0.579. The van der Waals surface area contributed by atoms with E-state index < -0.39 is 6.04 Å². The molecule has 2 aliphatic rings. The van der Waals surface area contributed by atoms with Crippen molar-refractivity contribution in [3.05, 3.63) is 35.4 Å². The second-order valence-electron chi connectivity index (χ2n) is 6.89. The fourth-order valence-corrected chi connectivity index (χ4v) is 3.74. The second kappa shape index (κ2) is 7.79. The van der Waals surface area contributed by atoms with Crippen LogP contribution in [-0.2, 0) is 4.79 Å². The van der Waals surface area contributed by atoms with Crippen molar-refractivity contribution in [3.8, 4) is 0 Å². The van der Waals surface area contributed by atoms with Crippen molar-refractivity contribution in [1.29, 1.82) is 0 Å². The first-order valence-electron chi connectivity index (χ1n) is 9.03. The van der Waals surface area contributed by atoms with Gasteiger partial charge in [-0.25, -0.2) is 0 Å². The molecule has 5 heteroatoms. The summed E-state index contributed by atoms with van der Waals surface area (Å²) in [5.41, 5.74) is 1.60. The third-order valence-electron chi connectivity index (χ3n) is 5.22. The van der Waals surface area contributed by atoms with Crippen molar-refractivity contribution in [3.63, 3.8) is 0 Å². The van der Waals surface area contributed by atoms with E-state index in [0.29, 0.717) is 5.56 Å². The standard InChI is InChI=1S/C19H27N3O2/c1-14-6-2-3-7-16(14)18(23)21-17(15-8-10-20-11-9-15)19(24)22-12-4-5-13-22/h2-3,6-7,15,17,20H,4-5,8-13H2,1H3,(H,21,23). The molecule has 24 heavy (non-hydrogen) atoms. The number of hydrogen-bond donors (Lipinski definition) is 2. The van der Waals surface area contributed by atoms with Crippen molar-refractivity contribution >= 4 is 11.8 Å². The lowest BCUT2D eigenvalue weighted by atomic mass is 9.89. The molecule has 2 aliphatic heterocycles. The predicted molar refractivity (Wildman–Crippen MR) is 93.8 cm³/mol. The minimum Gasteiger partial charge on any atom is -0.341 e. The van der Waals surface area contributed by atoms with E-state index in [1.165, 1.54) is 0 Å². The molecule has 0 aliphatic carbocycles. The molecule has 2 amide bonds. The van der Waals surface area contributed by atoms with Gasteiger partial charge in [-0.2, -0.15) is 0 Å². The summed E-state index contributed by atoms with van der Waals surface area (Å²) in [6.07, 6.45) is 3.99. The number of carbonyl (C=O) groups is 2. The molecule has 130 valence electrons. The molecule has 3 rings (SSSR count). The Morgan fingerprint density at radius 2 is 1.83 bits per heavy atom. The number of likely N-dealkylation sites (tertiary alicyclic amines) is 1. The van der Waals surface area contributed by atoms with Gasteiger partial charge in [0, 0.05) is 18.7 Å². The lowest BCUT2D eigenvalue weighted by Crippen LogP contribution is -2.53. The molecule has 2 fully saturated rings. The van der Waals surface area contributed by atoms with Gasteiger partial charge in [0.25, 0.3) is 5.91 Å². The predicted octanol–water partition coefficient (Wildman–Crippen LogP) is 1.72. The minimum atomic E-state index is -0.405. The number of nitrogens with one attached hydrogen (secondary N) is 2. The number of benzene rings is 1. The van der Waals surface area contributed by atoms with Gasteiger partial charge >= 0.3 is 0 Å². The Labute approximate surface area is 143 Å². The van der Waals surface area contributed by atoms with Crippen molar-refractivity contribution in [2.24, 2.45) is 5.92 Å². The second-order valence-corrected chi connectivity index (χ2v) is 6.89. The lowest BCUT2D eigenvalue weighted by molar-refractivity contribution is -0.133. The van der Waals surface area contributed by atoms with Crippen molar-refractivity contribution < 1.29 is 9.59 Å². The Morgan fingerprint density at radius 3 is 2.50 bits per heavy atom. The molecule has 1 unspecified atom stereocenters. The number of piperidine rings is 1. The third kappa shape index (κ3) is 3.78. The van der Waals surface area contributed by atoms with Crippen LogP contribution in [0.1, 0.15) is 41.6 Å². The Hall–Kier alpha value is -1.88. The molecule has 1 aromatic rings. The molecule has 0 radical (unpaired) electrons. The van der Waals surface area contributed by atoms with Gasteiger partial charge < -0.3 is 15.5 Å². The van der Waals surface area contributed by atoms with Crippen molar-refractivity contribution in [1.82, 2.24) is 15.5 Å². The summed E-state index contributed by atoms with van der Waals surface area (Å²) in [6.45, 7) is 5.39. The molecule has 1 atom stereocenters. The lowest BCUT2D eigenvalue weighted by Gasteiger charge is -2.33. The van der Waals surface area contributed by atoms with E-state index in [9.17, 15) is 9.59 Å². The monoisotopic (exact) mass is 329 g/mol. The van der Waals surface area contributed by atoms with Gasteiger partial charge in [-0.15, -0.1) is 0 Å². The van der Waals surface area contributed by atoms with Crippen LogP contribution < -0.4 is 10.6 Å². The summed E-state index contributed by atoms with van der Waals surface area (Å²) in [5, 5.41) is 6.40. The zero-order valence-electron chi connectivity index (χ0n) is 14.4. The molecular formula is C19H27N3O2. The van der Waals surface area contributed by atoms with E-state index in [4.69, 9.17) is 0 Å². The van der Waals surface area contributed by atoms with Crippen molar-refractivity contribution in [2.75, 3.05) is 26.2 Å². The Kier molecular flexibility index (Phi) is 5.51.